The molecule has 3 heteroatoms. The lowest BCUT2D eigenvalue weighted by atomic mass is 9.92. The Morgan fingerprint density at radius 1 is 1.50 bits per heavy atom. The average molecular weight is 187 g/mol. The number of nitrogens with zero attached hydrogens (tertiary/aromatic N) is 1. The molecule has 1 unspecified atom stereocenters. The molecule has 1 saturated heterocycles. The Morgan fingerprint density at radius 3 is 2.58 bits per heavy atom. The minimum atomic E-state index is 0.336. The van der Waals surface area contributed by atoms with E-state index < -0.39 is 0 Å². The number of piperidine rings is 1. The molecule has 1 aliphatic heterocycles. The Hall–Kier alpha value is 0.0600. The second-order valence-corrected chi connectivity index (χ2v) is 4.45. The van der Waals surface area contributed by atoms with Crippen LogP contribution in [-0.4, -0.2) is 23.5 Å². The summed E-state index contributed by atoms with van der Waals surface area (Å²) in [5.41, 5.74) is 0. The Morgan fingerprint density at radius 2 is 2.08 bits per heavy atom. The number of carbonyl (C=O) groups is 1. The molecule has 1 heterocycles. The molecule has 0 aromatic rings. The van der Waals surface area contributed by atoms with Gasteiger partial charge in [0.15, 0.2) is 0 Å². The maximum Gasteiger partial charge on any atom is 0.129 e. The van der Waals surface area contributed by atoms with Crippen LogP contribution in [0.5, 0.6) is 0 Å². The van der Waals surface area contributed by atoms with Gasteiger partial charge in [-0.05, 0) is 32.1 Å². The Balaban J connectivity index is 2.13. The molecule has 0 aromatic heterocycles. The Kier molecular flexibility index (Phi) is 4.17. The van der Waals surface area contributed by atoms with E-state index >= 15 is 0 Å². The summed E-state index contributed by atoms with van der Waals surface area (Å²) in [7, 11) is 2.74. The van der Waals surface area contributed by atoms with Gasteiger partial charge in [-0.2, -0.15) is 0 Å². The summed E-state index contributed by atoms with van der Waals surface area (Å²) in [6.07, 6.45) is 4.41. The number of carbonyl (C=O) groups excluding carboxylic acids is 1. The summed E-state index contributed by atoms with van der Waals surface area (Å²) in [6.45, 7) is 4.03. The molecule has 0 bridgehead atoms. The van der Waals surface area contributed by atoms with Crippen molar-refractivity contribution in [2.45, 2.75) is 32.6 Å². The van der Waals surface area contributed by atoms with Crippen molar-refractivity contribution in [1.29, 1.82) is 0 Å². The summed E-state index contributed by atoms with van der Waals surface area (Å²) in [6, 6.07) is 0. The number of hydrogen-bond donors (Lipinski definition) is 0. The maximum atomic E-state index is 10.7. The van der Waals surface area contributed by atoms with Crippen LogP contribution in [0.4, 0.5) is 0 Å². The van der Waals surface area contributed by atoms with Gasteiger partial charge >= 0.3 is 0 Å². The van der Waals surface area contributed by atoms with Crippen molar-refractivity contribution in [3.63, 3.8) is 0 Å². The number of ketones is 1. The van der Waals surface area contributed by atoms with Crippen LogP contribution in [0.3, 0.4) is 0 Å². The molecule has 1 aliphatic rings. The highest BCUT2D eigenvalue weighted by Gasteiger charge is 2.16. The van der Waals surface area contributed by atoms with Crippen molar-refractivity contribution < 1.29 is 4.79 Å². The first kappa shape index (κ1) is 10.1. The summed E-state index contributed by atoms with van der Waals surface area (Å²) >= 11 is 0. The molecule has 0 aromatic carbocycles. The smallest absolute Gasteiger partial charge is 0.129 e. The quantitative estimate of drug-likeness (QED) is 0.628. The van der Waals surface area contributed by atoms with E-state index in [0.717, 1.165) is 18.8 Å². The predicted octanol–water partition coefficient (Wildman–Crippen LogP) is 1.86. The van der Waals surface area contributed by atoms with Crippen molar-refractivity contribution in [3.8, 4) is 0 Å². The van der Waals surface area contributed by atoms with Crippen LogP contribution in [0.25, 0.3) is 0 Å². The van der Waals surface area contributed by atoms with Crippen LogP contribution < -0.4 is 0 Å². The van der Waals surface area contributed by atoms with E-state index in [-0.39, 0.29) is 0 Å². The van der Waals surface area contributed by atoms with Gasteiger partial charge in [0.05, 0.1) is 0 Å². The van der Waals surface area contributed by atoms with Crippen molar-refractivity contribution >= 4 is 15.2 Å². The molecule has 0 aliphatic carbocycles. The summed E-state index contributed by atoms with van der Waals surface area (Å²) in [5, 5.41) is 0. The van der Waals surface area contributed by atoms with E-state index in [1.165, 1.54) is 25.9 Å². The zero-order chi connectivity index (χ0) is 8.97. The summed E-state index contributed by atoms with van der Waals surface area (Å²) in [5.74, 6) is 1.13. The van der Waals surface area contributed by atoms with E-state index in [9.17, 15) is 4.79 Å². The van der Waals surface area contributed by atoms with Crippen molar-refractivity contribution in [2.24, 2.45) is 5.92 Å². The van der Waals surface area contributed by atoms with Crippen molar-refractivity contribution in [2.75, 3.05) is 13.1 Å². The van der Waals surface area contributed by atoms with Gasteiger partial charge in [0.2, 0.25) is 0 Å². The second kappa shape index (κ2) is 4.94. The standard InChI is InChI=1S/C9H18NOP/c1-8(11)2-3-9-4-6-10(12)7-5-9/h9H,2-7,12H2,1H3. The van der Waals surface area contributed by atoms with Gasteiger partial charge in [0.25, 0.3) is 0 Å². The van der Waals surface area contributed by atoms with Gasteiger partial charge in [-0.1, -0.05) is 9.39 Å². The minimum Gasteiger partial charge on any atom is -0.300 e. The number of rotatable bonds is 3. The van der Waals surface area contributed by atoms with Crippen molar-refractivity contribution in [3.05, 3.63) is 0 Å². The summed E-state index contributed by atoms with van der Waals surface area (Å²) in [4.78, 5) is 10.7. The molecule has 12 heavy (non-hydrogen) atoms. The lowest BCUT2D eigenvalue weighted by Gasteiger charge is -2.28. The average Bonchev–Trinajstić information content (AvgIpc) is 2.03. The maximum absolute atomic E-state index is 10.7. The van der Waals surface area contributed by atoms with Crippen LogP contribution in [0.1, 0.15) is 32.6 Å². The van der Waals surface area contributed by atoms with Crippen LogP contribution in [0.2, 0.25) is 0 Å². The van der Waals surface area contributed by atoms with Crippen LogP contribution >= 0.6 is 9.39 Å². The Labute approximate surface area is 77.0 Å². The molecule has 1 atom stereocenters. The number of Topliss-reactive ketones (excluding diaryl/α,β-unsaturated/α-hetero) is 1. The van der Waals surface area contributed by atoms with Gasteiger partial charge in [-0.25, -0.2) is 0 Å². The topological polar surface area (TPSA) is 20.3 Å². The Bertz CT molecular complexity index is 153. The zero-order valence-electron chi connectivity index (χ0n) is 7.75. The molecule has 70 valence electrons. The zero-order valence-corrected chi connectivity index (χ0v) is 8.91. The van der Waals surface area contributed by atoms with Gasteiger partial charge in [-0.15, -0.1) is 0 Å². The monoisotopic (exact) mass is 187 g/mol. The highest BCUT2D eigenvalue weighted by molar-refractivity contribution is 7.13. The van der Waals surface area contributed by atoms with E-state index in [1.54, 1.807) is 6.92 Å². The third kappa shape index (κ3) is 3.64. The van der Waals surface area contributed by atoms with Crippen LogP contribution in [0.15, 0.2) is 0 Å². The molecule has 2 nitrogen and oxygen atoms in total. The fourth-order valence-electron chi connectivity index (χ4n) is 1.65. The van der Waals surface area contributed by atoms with E-state index in [4.69, 9.17) is 0 Å². The fourth-order valence-corrected chi connectivity index (χ4v) is 1.95. The van der Waals surface area contributed by atoms with Crippen LogP contribution in [-0.2, 0) is 4.79 Å². The SMILES string of the molecule is CC(=O)CCC1CCN(P)CC1. The number of hydrogen-bond acceptors (Lipinski definition) is 2. The molecule has 0 spiro atoms. The minimum absolute atomic E-state index is 0.336. The highest BCUT2D eigenvalue weighted by Crippen LogP contribution is 2.23. The lowest BCUT2D eigenvalue weighted by molar-refractivity contribution is -0.117. The molecular formula is C9H18NOP. The first-order chi connectivity index (χ1) is 5.68. The van der Waals surface area contributed by atoms with Gasteiger partial charge in [-0.3, -0.25) is 4.67 Å². The van der Waals surface area contributed by atoms with E-state index in [0.29, 0.717) is 5.78 Å². The third-order valence-electron chi connectivity index (χ3n) is 2.55. The lowest BCUT2D eigenvalue weighted by Crippen LogP contribution is -2.26. The predicted molar refractivity (Wildman–Crippen MR) is 53.9 cm³/mol. The third-order valence-corrected chi connectivity index (χ3v) is 3.07. The van der Waals surface area contributed by atoms with Gasteiger partial charge in [0, 0.05) is 19.5 Å². The largest absolute Gasteiger partial charge is 0.300 e. The molecule has 0 radical (unpaired) electrons. The summed E-state index contributed by atoms with van der Waals surface area (Å²) < 4.78 is 2.28. The molecule has 0 N–H and O–H groups in total. The normalized spacial score (nSPS) is 21.2. The first-order valence-electron chi connectivity index (χ1n) is 4.67. The van der Waals surface area contributed by atoms with Crippen LogP contribution in [0, 0.1) is 5.92 Å². The molecule has 0 saturated carbocycles. The fraction of sp³-hybridized carbons (Fsp3) is 0.889. The van der Waals surface area contributed by atoms with Gasteiger partial charge in [0.1, 0.15) is 5.78 Å². The van der Waals surface area contributed by atoms with E-state index in [1.807, 2.05) is 0 Å². The molecular weight excluding hydrogens is 169 g/mol. The molecule has 0 amide bonds. The molecule has 1 fully saturated rings. The van der Waals surface area contributed by atoms with E-state index in [2.05, 4.69) is 14.1 Å². The highest BCUT2D eigenvalue weighted by atomic mass is 31.0. The first-order valence-corrected chi connectivity index (χ1v) is 5.19. The molecule has 1 rings (SSSR count). The van der Waals surface area contributed by atoms with Gasteiger partial charge < -0.3 is 4.79 Å². The second-order valence-electron chi connectivity index (χ2n) is 3.72. The van der Waals surface area contributed by atoms with Crippen molar-refractivity contribution in [1.82, 2.24) is 4.67 Å².